The molecule has 1 aromatic heterocycles. The van der Waals surface area contributed by atoms with Crippen molar-refractivity contribution in [1.82, 2.24) is 9.97 Å². The Morgan fingerprint density at radius 2 is 0.964 bits per heavy atom. The molecule has 10 aromatic rings. The van der Waals surface area contributed by atoms with Crippen LogP contribution in [-0.2, 0) is 0 Å². The van der Waals surface area contributed by atoms with Crippen LogP contribution in [-0.4, -0.2) is 9.97 Å². The van der Waals surface area contributed by atoms with Crippen molar-refractivity contribution in [1.29, 1.82) is 0 Å². The van der Waals surface area contributed by atoms with E-state index in [1.165, 1.54) is 37.9 Å². The molecule has 0 spiro atoms. The second kappa shape index (κ2) is 14.0. The van der Waals surface area contributed by atoms with Crippen molar-refractivity contribution in [2.75, 3.05) is 0 Å². The molecule has 260 valence electrons. The van der Waals surface area contributed by atoms with Gasteiger partial charge in [0.1, 0.15) is 0 Å². The van der Waals surface area contributed by atoms with Crippen LogP contribution in [0.25, 0.3) is 104 Å². The molecule has 0 N–H and O–H groups in total. The van der Waals surface area contributed by atoms with Gasteiger partial charge in [0, 0.05) is 16.7 Å². The molecule has 0 unspecified atom stereocenters. The largest absolute Gasteiger partial charge is 0.238 e. The molecule has 56 heavy (non-hydrogen) atoms. The maximum atomic E-state index is 7.45. The Balaban J connectivity index is 1.14. The third kappa shape index (κ3) is 5.97. The van der Waals surface area contributed by atoms with Crippen molar-refractivity contribution in [3.8, 4) is 67.3 Å². The van der Waals surface area contributed by atoms with E-state index in [0.717, 1.165) is 55.9 Å². The average Bonchev–Trinajstić information content (AvgIpc) is 3.28. The summed E-state index contributed by atoms with van der Waals surface area (Å²) in [5, 5.41) is 7.42. The molecule has 0 aliphatic heterocycles. The lowest BCUT2D eigenvalue weighted by Gasteiger charge is -2.15. The van der Waals surface area contributed by atoms with Crippen LogP contribution in [0.4, 0.5) is 5.69 Å². The number of hydrogen-bond acceptors (Lipinski definition) is 2. The van der Waals surface area contributed by atoms with Gasteiger partial charge < -0.3 is 0 Å². The van der Waals surface area contributed by atoms with Crippen LogP contribution < -0.4 is 0 Å². The Morgan fingerprint density at radius 3 is 1.77 bits per heavy atom. The van der Waals surface area contributed by atoms with E-state index < -0.39 is 0 Å². The van der Waals surface area contributed by atoms with Gasteiger partial charge in [-0.05, 0) is 83.9 Å². The van der Waals surface area contributed by atoms with E-state index in [1.54, 1.807) is 0 Å². The quantitative estimate of drug-likeness (QED) is 0.0976. The first kappa shape index (κ1) is 32.9. The van der Waals surface area contributed by atoms with Gasteiger partial charge in [-0.25, -0.2) is 14.8 Å². The molecule has 10 rings (SSSR count). The molecule has 0 saturated carbocycles. The van der Waals surface area contributed by atoms with Crippen LogP contribution in [0.3, 0.4) is 0 Å². The predicted octanol–water partition coefficient (Wildman–Crippen LogP) is 14.5. The normalized spacial score (nSPS) is 11.2. The van der Waals surface area contributed by atoms with Crippen LogP contribution in [0.15, 0.2) is 200 Å². The Bertz CT molecular complexity index is 3120. The summed E-state index contributed by atoms with van der Waals surface area (Å²) in [6.07, 6.45) is 0. The lowest BCUT2D eigenvalue weighted by molar-refractivity contribution is 1.18. The van der Waals surface area contributed by atoms with Crippen LogP contribution >= 0.6 is 0 Å². The molecule has 0 amide bonds. The summed E-state index contributed by atoms with van der Waals surface area (Å²) in [7, 11) is 0. The highest BCUT2D eigenvalue weighted by molar-refractivity contribution is 6.20. The van der Waals surface area contributed by atoms with Gasteiger partial charge in [-0.1, -0.05) is 182 Å². The van der Waals surface area contributed by atoms with E-state index in [9.17, 15) is 0 Å². The second-order valence-electron chi connectivity index (χ2n) is 14.0. The topological polar surface area (TPSA) is 30.1 Å². The predicted molar refractivity (Wildman–Crippen MR) is 233 cm³/mol. The minimum Gasteiger partial charge on any atom is -0.238 e. The first-order chi connectivity index (χ1) is 27.7. The maximum Gasteiger partial charge on any atom is 0.187 e. The van der Waals surface area contributed by atoms with Crippen LogP contribution in [0.2, 0.25) is 0 Å². The molecule has 0 bridgehead atoms. The summed E-state index contributed by atoms with van der Waals surface area (Å²) in [5.41, 5.74) is 12.0. The van der Waals surface area contributed by atoms with Gasteiger partial charge in [0.2, 0.25) is 0 Å². The van der Waals surface area contributed by atoms with Gasteiger partial charge in [0.15, 0.2) is 11.5 Å². The van der Waals surface area contributed by atoms with Crippen LogP contribution in [0.1, 0.15) is 0 Å². The highest BCUT2D eigenvalue weighted by Gasteiger charge is 2.17. The first-order valence-corrected chi connectivity index (χ1v) is 18.8. The number of hydrogen-bond donors (Lipinski definition) is 0. The van der Waals surface area contributed by atoms with E-state index in [4.69, 9.17) is 16.5 Å². The number of rotatable bonds is 6. The Hall–Kier alpha value is -7.67. The lowest BCUT2D eigenvalue weighted by atomic mass is 9.89. The number of fused-ring (bicyclic) bond motifs is 4. The van der Waals surface area contributed by atoms with Gasteiger partial charge in [-0.2, -0.15) is 0 Å². The molecule has 0 radical (unpaired) electrons. The van der Waals surface area contributed by atoms with Gasteiger partial charge in [0.25, 0.3) is 0 Å². The first-order valence-electron chi connectivity index (χ1n) is 18.8. The van der Waals surface area contributed by atoms with Gasteiger partial charge in [-0.3, -0.25) is 0 Å². The van der Waals surface area contributed by atoms with Crippen molar-refractivity contribution >= 4 is 38.0 Å². The minimum atomic E-state index is 0.615. The average molecular weight is 712 g/mol. The molecule has 9 aromatic carbocycles. The van der Waals surface area contributed by atoms with Crippen LogP contribution in [0.5, 0.6) is 0 Å². The second-order valence-corrected chi connectivity index (χ2v) is 14.0. The summed E-state index contributed by atoms with van der Waals surface area (Å²) in [5.74, 6) is 0.654. The standard InChI is InChI=1S/C53H33N3/c1-54-43-29-26-37(27-30-43)44-18-9-10-21-47(44)51-34-50(42-17-11-16-40(32-42)35-12-3-2-4-13-35)55-53(56-51)39-24-22-38(23-25-39)52-46-20-8-6-15-41(46)33-49-45-19-7-5-14-36(45)28-31-48(49)52/h2-34H. The van der Waals surface area contributed by atoms with Gasteiger partial charge in [-0.15, -0.1) is 0 Å². The maximum absolute atomic E-state index is 7.45. The summed E-state index contributed by atoms with van der Waals surface area (Å²) in [4.78, 5) is 14.1. The van der Waals surface area contributed by atoms with Crippen molar-refractivity contribution in [2.45, 2.75) is 0 Å². The fourth-order valence-electron chi connectivity index (χ4n) is 7.94. The molecule has 0 saturated heterocycles. The zero-order valence-corrected chi connectivity index (χ0v) is 30.4. The SMILES string of the molecule is [C-]#[N+]c1ccc(-c2ccccc2-c2cc(-c3cccc(-c4ccccc4)c3)nc(-c3ccc(-c4c5ccccc5cc5c4ccc4ccccc45)cc3)n2)cc1. The molecular formula is C53H33N3. The molecule has 0 atom stereocenters. The van der Waals surface area contributed by atoms with Crippen molar-refractivity contribution in [2.24, 2.45) is 0 Å². The molecule has 0 aliphatic carbocycles. The third-order valence-corrected chi connectivity index (χ3v) is 10.7. The molecule has 0 fully saturated rings. The summed E-state index contributed by atoms with van der Waals surface area (Å²) >= 11 is 0. The van der Waals surface area contributed by atoms with E-state index in [0.29, 0.717) is 11.5 Å². The van der Waals surface area contributed by atoms with E-state index in [2.05, 4.69) is 169 Å². The molecule has 0 aliphatic rings. The summed E-state index contributed by atoms with van der Waals surface area (Å²) in [6, 6.07) is 70.1. The zero-order valence-electron chi connectivity index (χ0n) is 30.4. The van der Waals surface area contributed by atoms with Crippen molar-refractivity contribution in [3.05, 3.63) is 212 Å². The molecular weight excluding hydrogens is 679 g/mol. The smallest absolute Gasteiger partial charge is 0.187 e. The Morgan fingerprint density at radius 1 is 0.339 bits per heavy atom. The monoisotopic (exact) mass is 711 g/mol. The minimum absolute atomic E-state index is 0.615. The molecule has 3 heteroatoms. The Labute approximate surface area is 325 Å². The molecule has 3 nitrogen and oxygen atoms in total. The van der Waals surface area contributed by atoms with Crippen LogP contribution in [0, 0.1) is 6.57 Å². The van der Waals surface area contributed by atoms with E-state index in [1.807, 2.05) is 36.4 Å². The van der Waals surface area contributed by atoms with Crippen molar-refractivity contribution < 1.29 is 0 Å². The fourth-order valence-corrected chi connectivity index (χ4v) is 7.94. The van der Waals surface area contributed by atoms with Gasteiger partial charge >= 0.3 is 0 Å². The fraction of sp³-hybridized carbons (Fsp3) is 0. The number of aromatic nitrogens is 2. The third-order valence-electron chi connectivity index (χ3n) is 10.7. The number of nitrogens with zero attached hydrogens (tertiary/aromatic N) is 3. The Kier molecular flexibility index (Phi) is 8.21. The summed E-state index contributed by atoms with van der Waals surface area (Å²) < 4.78 is 0. The van der Waals surface area contributed by atoms with E-state index >= 15 is 0 Å². The zero-order chi connectivity index (χ0) is 37.4. The molecule has 1 heterocycles. The van der Waals surface area contributed by atoms with Crippen molar-refractivity contribution in [3.63, 3.8) is 0 Å². The highest BCUT2D eigenvalue weighted by Crippen LogP contribution is 2.41. The lowest BCUT2D eigenvalue weighted by Crippen LogP contribution is -1.97. The highest BCUT2D eigenvalue weighted by atomic mass is 14.9. The number of benzene rings is 9. The summed E-state index contributed by atoms with van der Waals surface area (Å²) in [6.45, 7) is 7.45. The van der Waals surface area contributed by atoms with Gasteiger partial charge in [0.05, 0.1) is 18.0 Å². The van der Waals surface area contributed by atoms with E-state index in [-0.39, 0.29) is 0 Å².